The van der Waals surface area contributed by atoms with Crippen molar-refractivity contribution in [3.05, 3.63) is 23.3 Å². The molecule has 15 heavy (non-hydrogen) atoms. The summed E-state index contributed by atoms with van der Waals surface area (Å²) in [6.45, 7) is 0. The number of methoxy groups -OCH3 is 2. The average molecular weight is 210 g/mol. The number of allylic oxidation sites excluding steroid dienone is 2. The molecule has 1 saturated carbocycles. The van der Waals surface area contributed by atoms with Gasteiger partial charge >= 0.3 is 11.9 Å². The molecular formula is C11H14O4. The van der Waals surface area contributed by atoms with Gasteiger partial charge in [0.05, 0.1) is 14.2 Å². The summed E-state index contributed by atoms with van der Waals surface area (Å²) in [6, 6.07) is 0. The molecule has 4 heteroatoms. The summed E-state index contributed by atoms with van der Waals surface area (Å²) in [6.07, 6.45) is 5.42. The molecule has 0 saturated heterocycles. The van der Waals surface area contributed by atoms with Gasteiger partial charge < -0.3 is 9.47 Å². The third-order valence-corrected chi connectivity index (χ3v) is 2.29. The van der Waals surface area contributed by atoms with E-state index < -0.39 is 0 Å². The van der Waals surface area contributed by atoms with E-state index in [0.29, 0.717) is 0 Å². The zero-order valence-electron chi connectivity index (χ0n) is 8.91. The maximum absolute atomic E-state index is 11.0. The number of ether oxygens (including phenoxy) is 2. The maximum atomic E-state index is 11.0. The second-order valence-corrected chi connectivity index (χ2v) is 3.24. The van der Waals surface area contributed by atoms with E-state index in [1.807, 2.05) is 0 Å². The Morgan fingerprint density at radius 1 is 1.00 bits per heavy atom. The normalized spacial score (nSPS) is 20.7. The molecule has 1 aliphatic carbocycles. The Morgan fingerprint density at radius 2 is 1.40 bits per heavy atom. The summed E-state index contributed by atoms with van der Waals surface area (Å²) in [5.41, 5.74) is 1.74. The molecule has 0 atom stereocenters. The van der Waals surface area contributed by atoms with Crippen molar-refractivity contribution in [2.24, 2.45) is 0 Å². The van der Waals surface area contributed by atoms with Crippen molar-refractivity contribution in [2.75, 3.05) is 14.2 Å². The highest BCUT2D eigenvalue weighted by Crippen LogP contribution is 2.30. The summed E-state index contributed by atoms with van der Waals surface area (Å²) in [5, 5.41) is 0. The number of rotatable bonds is 2. The topological polar surface area (TPSA) is 52.6 Å². The van der Waals surface area contributed by atoms with Crippen molar-refractivity contribution >= 4 is 11.9 Å². The lowest BCUT2D eigenvalue weighted by atomic mass is 10.1. The lowest BCUT2D eigenvalue weighted by molar-refractivity contribution is -0.135. The Kier molecular flexibility index (Phi) is 4.09. The molecule has 0 bridgehead atoms. The van der Waals surface area contributed by atoms with E-state index in [9.17, 15) is 9.59 Å². The van der Waals surface area contributed by atoms with Gasteiger partial charge in [-0.1, -0.05) is 0 Å². The van der Waals surface area contributed by atoms with Crippen molar-refractivity contribution in [1.29, 1.82) is 0 Å². The molecule has 0 heterocycles. The van der Waals surface area contributed by atoms with Gasteiger partial charge in [-0.15, -0.1) is 0 Å². The fraction of sp³-hybridized carbons (Fsp3) is 0.455. The summed E-state index contributed by atoms with van der Waals surface area (Å²) < 4.78 is 9.07. The van der Waals surface area contributed by atoms with Crippen molar-refractivity contribution in [1.82, 2.24) is 0 Å². The number of esters is 2. The van der Waals surface area contributed by atoms with E-state index in [1.165, 1.54) is 26.4 Å². The fourth-order valence-corrected chi connectivity index (χ4v) is 1.52. The first-order valence-electron chi connectivity index (χ1n) is 4.74. The molecule has 0 aliphatic heterocycles. The van der Waals surface area contributed by atoms with Crippen LogP contribution in [0.5, 0.6) is 0 Å². The zero-order valence-corrected chi connectivity index (χ0v) is 8.91. The predicted molar refractivity (Wildman–Crippen MR) is 54.0 cm³/mol. The van der Waals surface area contributed by atoms with Gasteiger partial charge in [-0.2, -0.15) is 0 Å². The highest BCUT2D eigenvalue weighted by Gasteiger charge is 2.16. The first-order valence-corrected chi connectivity index (χ1v) is 4.74. The third kappa shape index (κ3) is 3.23. The molecule has 0 aromatic heterocycles. The Hall–Kier alpha value is -1.58. The molecule has 0 spiro atoms. The predicted octanol–water partition coefficient (Wildman–Crippen LogP) is 1.37. The number of hydrogen-bond acceptors (Lipinski definition) is 4. The molecule has 1 fully saturated rings. The molecule has 0 unspecified atom stereocenters. The van der Waals surface area contributed by atoms with Crippen LogP contribution in [0.15, 0.2) is 23.3 Å². The van der Waals surface area contributed by atoms with E-state index in [2.05, 4.69) is 9.47 Å². The van der Waals surface area contributed by atoms with Gasteiger partial charge in [0, 0.05) is 12.2 Å². The van der Waals surface area contributed by atoms with Crippen LogP contribution in [0.3, 0.4) is 0 Å². The van der Waals surface area contributed by atoms with E-state index in [0.717, 1.165) is 30.4 Å². The first kappa shape index (κ1) is 11.5. The Morgan fingerprint density at radius 3 is 1.73 bits per heavy atom. The minimum absolute atomic E-state index is 0.386. The number of carbonyl (C=O) groups is 2. The summed E-state index contributed by atoms with van der Waals surface area (Å²) >= 11 is 0. The van der Waals surface area contributed by atoms with Crippen LogP contribution in [0.1, 0.15) is 19.3 Å². The number of carbonyl (C=O) groups excluding carboxylic acids is 2. The van der Waals surface area contributed by atoms with Crippen molar-refractivity contribution in [2.45, 2.75) is 19.3 Å². The van der Waals surface area contributed by atoms with E-state index >= 15 is 0 Å². The van der Waals surface area contributed by atoms with Crippen LogP contribution in [0, 0.1) is 0 Å². The minimum Gasteiger partial charge on any atom is -0.466 e. The quantitative estimate of drug-likeness (QED) is 0.510. The Labute approximate surface area is 88.6 Å². The molecule has 0 aromatic rings. The van der Waals surface area contributed by atoms with Gasteiger partial charge in [0.15, 0.2) is 0 Å². The van der Waals surface area contributed by atoms with E-state index in [4.69, 9.17) is 0 Å². The van der Waals surface area contributed by atoms with Gasteiger partial charge in [0.1, 0.15) is 0 Å². The SMILES string of the molecule is COC(=O)/C=C1/CCC/C1=C/C(=O)OC. The minimum atomic E-state index is -0.386. The zero-order chi connectivity index (χ0) is 11.3. The summed E-state index contributed by atoms with van der Waals surface area (Å²) in [4.78, 5) is 22.1. The largest absolute Gasteiger partial charge is 0.466 e. The molecular weight excluding hydrogens is 196 g/mol. The van der Waals surface area contributed by atoms with Gasteiger partial charge in [-0.25, -0.2) is 9.59 Å². The molecule has 0 radical (unpaired) electrons. The summed E-state index contributed by atoms with van der Waals surface area (Å²) in [7, 11) is 2.66. The van der Waals surface area contributed by atoms with Gasteiger partial charge in [0.2, 0.25) is 0 Å². The van der Waals surface area contributed by atoms with E-state index in [1.54, 1.807) is 0 Å². The highest BCUT2D eigenvalue weighted by atomic mass is 16.5. The second-order valence-electron chi connectivity index (χ2n) is 3.24. The van der Waals surface area contributed by atoms with Crippen LogP contribution < -0.4 is 0 Å². The Bertz CT molecular complexity index is 293. The highest BCUT2D eigenvalue weighted by molar-refractivity contribution is 5.87. The molecule has 1 rings (SSSR count). The van der Waals surface area contributed by atoms with Crippen LogP contribution in [-0.2, 0) is 19.1 Å². The number of hydrogen-bond donors (Lipinski definition) is 0. The molecule has 0 amide bonds. The molecule has 4 nitrogen and oxygen atoms in total. The monoisotopic (exact) mass is 210 g/mol. The lowest BCUT2D eigenvalue weighted by Crippen LogP contribution is -1.99. The smallest absolute Gasteiger partial charge is 0.330 e. The van der Waals surface area contributed by atoms with Gasteiger partial charge in [-0.3, -0.25) is 0 Å². The van der Waals surface area contributed by atoms with Crippen molar-refractivity contribution in [3.63, 3.8) is 0 Å². The average Bonchev–Trinajstić information content (AvgIpc) is 2.65. The maximum Gasteiger partial charge on any atom is 0.330 e. The van der Waals surface area contributed by atoms with Crippen LogP contribution in [-0.4, -0.2) is 26.2 Å². The van der Waals surface area contributed by atoms with Crippen LogP contribution in [0.2, 0.25) is 0 Å². The summed E-state index contributed by atoms with van der Waals surface area (Å²) in [5.74, 6) is -0.773. The van der Waals surface area contributed by atoms with Gasteiger partial charge in [-0.05, 0) is 30.4 Å². The van der Waals surface area contributed by atoms with Crippen molar-refractivity contribution < 1.29 is 19.1 Å². The third-order valence-electron chi connectivity index (χ3n) is 2.29. The fourth-order valence-electron chi connectivity index (χ4n) is 1.52. The molecule has 0 aromatic carbocycles. The van der Waals surface area contributed by atoms with Crippen LogP contribution in [0.4, 0.5) is 0 Å². The first-order chi connectivity index (χ1) is 7.17. The molecule has 82 valence electrons. The standard InChI is InChI=1S/C11H14O4/c1-14-10(12)6-8-4-3-5-9(8)7-11(13)15-2/h6-7H,3-5H2,1-2H3/b8-6-,9-7-. The second kappa shape index (κ2) is 5.34. The van der Waals surface area contributed by atoms with Crippen LogP contribution in [0.25, 0.3) is 0 Å². The van der Waals surface area contributed by atoms with E-state index in [-0.39, 0.29) is 11.9 Å². The van der Waals surface area contributed by atoms with Crippen molar-refractivity contribution in [3.8, 4) is 0 Å². The van der Waals surface area contributed by atoms with Gasteiger partial charge in [0.25, 0.3) is 0 Å². The lowest BCUT2D eigenvalue weighted by Gasteiger charge is -2.00. The van der Waals surface area contributed by atoms with Crippen LogP contribution >= 0.6 is 0 Å². The molecule has 1 aliphatic rings. The molecule has 0 N–H and O–H groups in total. The Balaban J connectivity index is 2.81.